The molecule has 1 N–H and O–H groups in total. The molecule has 0 aromatic carbocycles. The van der Waals surface area contributed by atoms with Gasteiger partial charge < -0.3 is 9.87 Å². The Labute approximate surface area is 71.8 Å². The molecule has 1 unspecified atom stereocenters. The highest BCUT2D eigenvalue weighted by atomic mass is 32.2. The van der Waals surface area contributed by atoms with Gasteiger partial charge in [-0.3, -0.25) is 9.00 Å². The minimum Gasteiger partial charge on any atom is -0.772 e. The van der Waals surface area contributed by atoms with E-state index in [0.717, 1.165) is 0 Å². The zero-order valence-electron chi connectivity index (χ0n) is 6.34. The van der Waals surface area contributed by atoms with Gasteiger partial charge in [0.15, 0.2) is 0 Å². The number of hydrogen-bond donors (Lipinski definition) is 1. The van der Waals surface area contributed by atoms with Crippen LogP contribution in [0.1, 0.15) is 12.8 Å². The van der Waals surface area contributed by atoms with E-state index >= 15 is 0 Å². The van der Waals surface area contributed by atoms with E-state index in [0.29, 0.717) is 12.8 Å². The number of nitrogens with one attached hydrogen (secondary N) is 1. The van der Waals surface area contributed by atoms with E-state index in [2.05, 4.69) is 5.32 Å². The predicted octanol–water partition coefficient (Wildman–Crippen LogP) is -0.516. The van der Waals surface area contributed by atoms with E-state index in [1.165, 1.54) is 0 Å². The maximum absolute atomic E-state index is 12.2. The van der Waals surface area contributed by atoms with E-state index in [1.807, 2.05) is 0 Å². The number of rotatable bonds is 4. The molecule has 1 aliphatic rings. The van der Waals surface area contributed by atoms with Crippen molar-refractivity contribution in [1.82, 2.24) is 5.32 Å². The minimum absolute atomic E-state index is 0.582. The topological polar surface area (TPSA) is 69.2 Å². The Morgan fingerprint density at radius 2 is 2.25 bits per heavy atom. The summed E-state index contributed by atoms with van der Waals surface area (Å²) >= 11 is -2.39. The summed E-state index contributed by atoms with van der Waals surface area (Å²) in [5, 5.41) is 2.34. The molecule has 0 aromatic rings. The number of alkyl halides is 1. The molecule has 1 fully saturated rings. The molecule has 1 amide bonds. The van der Waals surface area contributed by atoms with E-state index in [4.69, 9.17) is 0 Å². The predicted molar refractivity (Wildman–Crippen MR) is 39.9 cm³/mol. The molecule has 0 aliphatic heterocycles. The highest BCUT2D eigenvalue weighted by Crippen LogP contribution is 2.35. The first-order chi connectivity index (χ1) is 5.58. The summed E-state index contributed by atoms with van der Waals surface area (Å²) in [7, 11) is 0. The van der Waals surface area contributed by atoms with Gasteiger partial charge in [0.25, 0.3) is 0 Å². The summed E-state index contributed by atoms with van der Waals surface area (Å²) in [6.07, 6.45) is 1.20. The van der Waals surface area contributed by atoms with Gasteiger partial charge in [-0.05, 0) is 23.9 Å². The maximum Gasteiger partial charge on any atom is 0.231 e. The first-order valence-corrected chi connectivity index (χ1v) is 4.75. The number of amides is 1. The average Bonchev–Trinajstić information content (AvgIpc) is 2.67. The van der Waals surface area contributed by atoms with Crippen molar-refractivity contribution in [3.63, 3.8) is 0 Å². The second-order valence-corrected chi connectivity index (χ2v) is 3.81. The SMILES string of the molecule is O=C(CS(=O)[O-])NC1(CF)CC1. The molecule has 0 radical (unpaired) electrons. The van der Waals surface area contributed by atoms with Crippen LogP contribution in [0.4, 0.5) is 4.39 Å². The first kappa shape index (κ1) is 9.60. The molecular formula is C6H9FNO3S-. The highest BCUT2D eigenvalue weighted by Gasteiger charge is 2.44. The van der Waals surface area contributed by atoms with Gasteiger partial charge in [0.2, 0.25) is 5.91 Å². The number of carbonyl (C=O) groups is 1. The third-order valence-electron chi connectivity index (χ3n) is 1.76. The van der Waals surface area contributed by atoms with Crippen LogP contribution in [0, 0.1) is 0 Å². The van der Waals surface area contributed by atoms with Crippen molar-refractivity contribution in [3.8, 4) is 0 Å². The Morgan fingerprint density at radius 3 is 2.58 bits per heavy atom. The molecule has 1 atom stereocenters. The van der Waals surface area contributed by atoms with Gasteiger partial charge in [0, 0.05) is 0 Å². The molecule has 1 aliphatic carbocycles. The van der Waals surface area contributed by atoms with Gasteiger partial charge in [-0.1, -0.05) is 0 Å². The summed E-state index contributed by atoms with van der Waals surface area (Å²) in [6, 6.07) is 0. The molecule has 6 heteroatoms. The van der Waals surface area contributed by atoms with Crippen molar-refractivity contribution < 1.29 is 17.9 Å². The molecule has 0 aromatic heterocycles. The molecule has 1 saturated carbocycles. The second kappa shape index (κ2) is 3.49. The molecule has 0 saturated heterocycles. The van der Waals surface area contributed by atoms with Crippen molar-refractivity contribution in [2.45, 2.75) is 18.4 Å². The van der Waals surface area contributed by atoms with Crippen molar-refractivity contribution >= 4 is 17.0 Å². The largest absolute Gasteiger partial charge is 0.772 e. The lowest BCUT2D eigenvalue weighted by atomic mass is 10.3. The van der Waals surface area contributed by atoms with Crippen LogP contribution in [0.3, 0.4) is 0 Å². The molecule has 1 rings (SSSR count). The lowest BCUT2D eigenvalue weighted by Crippen LogP contribution is -2.40. The smallest absolute Gasteiger partial charge is 0.231 e. The maximum atomic E-state index is 12.2. The summed E-state index contributed by atoms with van der Waals surface area (Å²) in [5.41, 5.74) is -0.740. The zero-order chi connectivity index (χ0) is 9.19. The summed E-state index contributed by atoms with van der Waals surface area (Å²) in [6.45, 7) is -0.621. The fraction of sp³-hybridized carbons (Fsp3) is 0.833. The zero-order valence-corrected chi connectivity index (χ0v) is 7.16. The van der Waals surface area contributed by atoms with Gasteiger partial charge in [0.1, 0.15) is 6.67 Å². The van der Waals surface area contributed by atoms with E-state index in [1.54, 1.807) is 0 Å². The van der Waals surface area contributed by atoms with Crippen LogP contribution in [-0.4, -0.2) is 32.6 Å². The van der Waals surface area contributed by atoms with Crippen LogP contribution in [-0.2, 0) is 15.9 Å². The second-order valence-electron chi connectivity index (χ2n) is 2.91. The third kappa shape index (κ3) is 2.53. The normalized spacial score (nSPS) is 21.5. The minimum atomic E-state index is -2.39. The van der Waals surface area contributed by atoms with Crippen molar-refractivity contribution in [3.05, 3.63) is 0 Å². The van der Waals surface area contributed by atoms with Crippen LogP contribution in [0.5, 0.6) is 0 Å². The van der Waals surface area contributed by atoms with Crippen LogP contribution in [0.25, 0.3) is 0 Å². The average molecular weight is 194 g/mol. The Kier molecular flexibility index (Phi) is 2.79. The fourth-order valence-corrected chi connectivity index (χ4v) is 1.17. The number of halogens is 1. The van der Waals surface area contributed by atoms with E-state index in [-0.39, 0.29) is 0 Å². The lowest BCUT2D eigenvalue weighted by Gasteiger charge is -2.13. The number of hydrogen-bond acceptors (Lipinski definition) is 3. The molecule has 4 nitrogen and oxygen atoms in total. The molecule has 70 valence electrons. The lowest BCUT2D eigenvalue weighted by molar-refractivity contribution is -0.119. The Morgan fingerprint density at radius 1 is 1.67 bits per heavy atom. The monoisotopic (exact) mass is 194 g/mol. The Bertz CT molecular complexity index is 217. The van der Waals surface area contributed by atoms with Gasteiger partial charge >= 0.3 is 0 Å². The Hall–Kier alpha value is -0.490. The van der Waals surface area contributed by atoms with Gasteiger partial charge in [-0.2, -0.15) is 0 Å². The van der Waals surface area contributed by atoms with Gasteiger partial charge in [-0.25, -0.2) is 4.39 Å². The van der Waals surface area contributed by atoms with Crippen molar-refractivity contribution in [2.75, 3.05) is 12.4 Å². The fourth-order valence-electron chi connectivity index (χ4n) is 0.882. The molecule has 0 spiro atoms. The van der Waals surface area contributed by atoms with Crippen LogP contribution in [0.2, 0.25) is 0 Å². The van der Waals surface area contributed by atoms with Crippen LogP contribution in [0.15, 0.2) is 0 Å². The summed E-state index contributed by atoms with van der Waals surface area (Å²) < 4.78 is 32.3. The molecule has 0 heterocycles. The third-order valence-corrected chi connectivity index (χ3v) is 2.26. The summed E-state index contributed by atoms with van der Waals surface area (Å²) in [4.78, 5) is 10.8. The van der Waals surface area contributed by atoms with E-state index < -0.39 is 35.0 Å². The standard InChI is InChI=1S/C6H10FNO3S/c7-4-6(1-2-6)8-5(9)3-12(10)11/h1-4H2,(H,8,9)(H,10,11)/p-1. The molecular weight excluding hydrogens is 185 g/mol. The van der Waals surface area contributed by atoms with Crippen molar-refractivity contribution in [1.29, 1.82) is 0 Å². The van der Waals surface area contributed by atoms with Crippen LogP contribution >= 0.6 is 0 Å². The number of carbonyl (C=O) groups excluding carboxylic acids is 1. The quantitative estimate of drug-likeness (QED) is 0.612. The van der Waals surface area contributed by atoms with Gasteiger partial charge in [0.05, 0.1) is 11.3 Å². The molecule has 12 heavy (non-hydrogen) atoms. The van der Waals surface area contributed by atoms with Crippen LogP contribution < -0.4 is 5.32 Å². The van der Waals surface area contributed by atoms with E-state index in [9.17, 15) is 17.9 Å². The first-order valence-electron chi connectivity index (χ1n) is 3.51. The molecule has 0 bridgehead atoms. The van der Waals surface area contributed by atoms with Gasteiger partial charge in [-0.15, -0.1) is 0 Å². The highest BCUT2D eigenvalue weighted by molar-refractivity contribution is 7.79. The summed E-state index contributed by atoms with van der Waals surface area (Å²) in [5.74, 6) is -1.21. The van der Waals surface area contributed by atoms with Crippen molar-refractivity contribution in [2.24, 2.45) is 0 Å². The Balaban J connectivity index is 2.31.